The Labute approximate surface area is 170 Å². The van der Waals surface area contributed by atoms with Crippen molar-refractivity contribution in [1.29, 1.82) is 5.26 Å². The Morgan fingerprint density at radius 3 is 2.79 bits per heavy atom. The topological polar surface area (TPSA) is 107 Å². The molecule has 7 nitrogen and oxygen atoms in total. The molecule has 0 amide bonds. The van der Waals surface area contributed by atoms with Crippen molar-refractivity contribution < 1.29 is 0 Å². The van der Waals surface area contributed by atoms with Gasteiger partial charge in [0, 0.05) is 17.1 Å². The lowest BCUT2D eigenvalue weighted by molar-refractivity contribution is 1.08. The van der Waals surface area contributed by atoms with Crippen molar-refractivity contribution in [3.8, 4) is 17.3 Å². The Morgan fingerprint density at radius 2 is 2.00 bits per heavy atom. The summed E-state index contributed by atoms with van der Waals surface area (Å²) in [7, 11) is 0. The van der Waals surface area contributed by atoms with Gasteiger partial charge in [-0.15, -0.1) is 0 Å². The van der Waals surface area contributed by atoms with Crippen LogP contribution < -0.4 is 11.0 Å². The average Bonchev–Trinajstić information content (AvgIpc) is 2.74. The van der Waals surface area contributed by atoms with Crippen LogP contribution in [-0.2, 0) is 0 Å². The second-order valence-electron chi connectivity index (χ2n) is 6.06. The summed E-state index contributed by atoms with van der Waals surface area (Å²) in [5.74, 6) is 0.129. The van der Waals surface area contributed by atoms with Gasteiger partial charge in [-0.25, -0.2) is 10.4 Å². The van der Waals surface area contributed by atoms with Crippen molar-refractivity contribution >= 4 is 34.7 Å². The molecule has 8 heteroatoms. The monoisotopic (exact) mass is 400 g/mol. The SMILES string of the molecule is N#Cc1c(-c2ccccc2)nc(NN=Cc2ccc3nccc(Cl)c3c2)[nH]c1=O. The summed E-state index contributed by atoms with van der Waals surface area (Å²) >= 11 is 6.20. The number of pyridine rings is 1. The molecule has 0 unspecified atom stereocenters. The average molecular weight is 401 g/mol. The molecule has 0 saturated carbocycles. The lowest BCUT2D eigenvalue weighted by Crippen LogP contribution is -2.16. The lowest BCUT2D eigenvalue weighted by Gasteiger charge is -2.06. The molecule has 4 rings (SSSR count). The summed E-state index contributed by atoms with van der Waals surface area (Å²) < 4.78 is 0. The number of halogens is 1. The number of H-pyrrole nitrogens is 1. The predicted octanol–water partition coefficient (Wildman–Crippen LogP) is 3.96. The van der Waals surface area contributed by atoms with Crippen molar-refractivity contribution in [3.05, 3.63) is 87.3 Å². The number of aromatic nitrogens is 3. The number of hydrogen-bond donors (Lipinski definition) is 2. The van der Waals surface area contributed by atoms with Crippen LogP contribution in [0.4, 0.5) is 5.95 Å². The summed E-state index contributed by atoms with van der Waals surface area (Å²) in [5.41, 5.74) is 4.64. The number of benzene rings is 2. The number of nitrogens with zero attached hydrogens (tertiary/aromatic N) is 4. The normalized spacial score (nSPS) is 10.9. The van der Waals surface area contributed by atoms with Gasteiger partial charge in [0.05, 0.1) is 22.4 Å². The Hall–Kier alpha value is -4.02. The van der Waals surface area contributed by atoms with E-state index in [0.717, 1.165) is 16.5 Å². The highest BCUT2D eigenvalue weighted by Gasteiger charge is 2.12. The maximum atomic E-state index is 12.3. The van der Waals surface area contributed by atoms with Crippen molar-refractivity contribution in [1.82, 2.24) is 15.0 Å². The van der Waals surface area contributed by atoms with Gasteiger partial charge in [0.2, 0.25) is 5.95 Å². The molecule has 2 aromatic carbocycles. The zero-order chi connectivity index (χ0) is 20.2. The molecule has 4 aromatic rings. The zero-order valence-corrected chi connectivity index (χ0v) is 15.7. The van der Waals surface area contributed by atoms with E-state index in [2.05, 4.69) is 25.5 Å². The van der Waals surface area contributed by atoms with Crippen molar-refractivity contribution in [2.45, 2.75) is 0 Å². The van der Waals surface area contributed by atoms with Gasteiger partial charge >= 0.3 is 0 Å². The van der Waals surface area contributed by atoms with Gasteiger partial charge in [0.15, 0.2) is 0 Å². The highest BCUT2D eigenvalue weighted by molar-refractivity contribution is 6.35. The Balaban J connectivity index is 1.63. The lowest BCUT2D eigenvalue weighted by atomic mass is 10.1. The predicted molar refractivity (Wildman–Crippen MR) is 113 cm³/mol. The molecule has 29 heavy (non-hydrogen) atoms. The highest BCUT2D eigenvalue weighted by atomic mass is 35.5. The number of rotatable bonds is 4. The molecule has 0 bridgehead atoms. The fourth-order valence-electron chi connectivity index (χ4n) is 2.81. The number of hydrazone groups is 1. The van der Waals surface area contributed by atoms with Crippen LogP contribution in [0.25, 0.3) is 22.2 Å². The van der Waals surface area contributed by atoms with E-state index >= 15 is 0 Å². The Bertz CT molecular complexity index is 1320. The third-order valence-corrected chi connectivity index (χ3v) is 4.50. The first-order valence-corrected chi connectivity index (χ1v) is 8.96. The molecule has 0 atom stereocenters. The number of aromatic amines is 1. The first-order chi connectivity index (χ1) is 14.2. The van der Waals surface area contributed by atoms with E-state index in [1.807, 2.05) is 42.5 Å². The van der Waals surface area contributed by atoms with Crippen LogP contribution in [0.3, 0.4) is 0 Å². The third kappa shape index (κ3) is 3.83. The molecule has 140 valence electrons. The smallest absolute Gasteiger partial charge is 0.270 e. The van der Waals surface area contributed by atoms with Gasteiger partial charge in [0.25, 0.3) is 5.56 Å². The fraction of sp³-hybridized carbons (Fsp3) is 0. The summed E-state index contributed by atoms with van der Waals surface area (Å²) in [6.07, 6.45) is 3.22. The van der Waals surface area contributed by atoms with Crippen LogP contribution in [0.1, 0.15) is 11.1 Å². The number of nitrogens with one attached hydrogen (secondary N) is 2. The summed E-state index contributed by atoms with van der Waals surface area (Å²) in [4.78, 5) is 23.4. The molecule has 0 aliphatic heterocycles. The minimum Gasteiger partial charge on any atom is -0.290 e. The van der Waals surface area contributed by atoms with E-state index in [4.69, 9.17) is 11.6 Å². The standard InChI is InChI=1S/C21H13ClN6O/c22-17-8-9-24-18-7-6-13(10-15(17)18)12-25-28-21-26-19(14-4-2-1-3-5-14)16(11-23)20(29)27-21/h1-10,12H,(H2,26,27,28,29). The van der Waals surface area contributed by atoms with Gasteiger partial charge in [0.1, 0.15) is 11.6 Å². The molecule has 0 aliphatic carbocycles. The molecule has 0 saturated heterocycles. The van der Waals surface area contributed by atoms with Gasteiger partial charge in [-0.1, -0.05) is 48.0 Å². The van der Waals surface area contributed by atoms with Crippen LogP contribution in [-0.4, -0.2) is 21.2 Å². The Kier molecular flexibility index (Phi) is 5.01. The first kappa shape index (κ1) is 18.3. The maximum Gasteiger partial charge on any atom is 0.270 e. The second kappa shape index (κ2) is 7.92. The van der Waals surface area contributed by atoms with Gasteiger partial charge in [-0.3, -0.25) is 14.8 Å². The highest BCUT2D eigenvalue weighted by Crippen LogP contribution is 2.22. The zero-order valence-electron chi connectivity index (χ0n) is 14.9. The van der Waals surface area contributed by atoms with E-state index in [0.29, 0.717) is 10.6 Å². The summed E-state index contributed by atoms with van der Waals surface area (Å²) in [6, 6.07) is 18.2. The van der Waals surface area contributed by atoms with Gasteiger partial charge in [-0.2, -0.15) is 10.4 Å². The molecule has 2 N–H and O–H groups in total. The van der Waals surface area contributed by atoms with Gasteiger partial charge < -0.3 is 0 Å². The molecule has 0 spiro atoms. The summed E-state index contributed by atoms with van der Waals surface area (Å²) in [6.45, 7) is 0. The van der Waals surface area contributed by atoms with E-state index in [9.17, 15) is 10.1 Å². The molecular weight excluding hydrogens is 388 g/mol. The van der Waals surface area contributed by atoms with Crippen LogP contribution in [0, 0.1) is 11.3 Å². The third-order valence-electron chi connectivity index (χ3n) is 4.17. The van der Waals surface area contributed by atoms with Gasteiger partial charge in [-0.05, 0) is 23.8 Å². The quantitative estimate of drug-likeness (QED) is 0.398. The molecule has 2 heterocycles. The van der Waals surface area contributed by atoms with E-state index < -0.39 is 5.56 Å². The number of hydrogen-bond acceptors (Lipinski definition) is 6. The molecule has 0 fully saturated rings. The minimum atomic E-state index is -0.539. The second-order valence-corrected chi connectivity index (χ2v) is 6.46. The first-order valence-electron chi connectivity index (χ1n) is 8.59. The minimum absolute atomic E-state index is 0.0533. The van der Waals surface area contributed by atoms with E-state index in [1.165, 1.54) is 0 Å². The van der Waals surface area contributed by atoms with Crippen LogP contribution in [0.5, 0.6) is 0 Å². The fourth-order valence-corrected chi connectivity index (χ4v) is 3.02. The van der Waals surface area contributed by atoms with Crippen molar-refractivity contribution in [3.63, 3.8) is 0 Å². The summed E-state index contributed by atoms with van der Waals surface area (Å²) in [5, 5.41) is 14.8. The Morgan fingerprint density at radius 1 is 1.17 bits per heavy atom. The van der Waals surface area contributed by atoms with Crippen molar-refractivity contribution in [2.75, 3.05) is 5.43 Å². The number of fused-ring (bicyclic) bond motifs is 1. The molecule has 0 aliphatic rings. The van der Waals surface area contributed by atoms with Crippen LogP contribution in [0.2, 0.25) is 5.02 Å². The largest absolute Gasteiger partial charge is 0.290 e. The van der Waals surface area contributed by atoms with Crippen LogP contribution in [0.15, 0.2) is 70.7 Å². The van der Waals surface area contributed by atoms with Crippen molar-refractivity contribution in [2.24, 2.45) is 5.10 Å². The van der Waals surface area contributed by atoms with E-state index in [1.54, 1.807) is 30.6 Å². The maximum absolute atomic E-state index is 12.3. The number of nitriles is 1. The molecular formula is C21H13ClN6O. The van der Waals surface area contributed by atoms with E-state index in [-0.39, 0.29) is 17.2 Å². The number of anilines is 1. The van der Waals surface area contributed by atoms with Crippen LogP contribution >= 0.6 is 11.6 Å². The molecule has 2 aromatic heterocycles. The molecule has 0 radical (unpaired) electrons.